The Morgan fingerprint density at radius 1 is 1.08 bits per heavy atom. The van der Waals surface area contributed by atoms with Crippen LogP contribution >= 0.6 is 11.3 Å². The van der Waals surface area contributed by atoms with Gasteiger partial charge in [-0.05, 0) is 42.7 Å². The quantitative estimate of drug-likeness (QED) is 0.914. The van der Waals surface area contributed by atoms with Crippen molar-refractivity contribution >= 4 is 23.2 Å². The van der Waals surface area contributed by atoms with Crippen molar-refractivity contribution in [1.29, 1.82) is 0 Å². The summed E-state index contributed by atoms with van der Waals surface area (Å²) in [6, 6.07) is 9.14. The first kappa shape index (κ1) is 16.0. The molecule has 0 saturated carbocycles. The van der Waals surface area contributed by atoms with E-state index in [0.717, 1.165) is 41.2 Å². The van der Waals surface area contributed by atoms with Crippen LogP contribution in [0.2, 0.25) is 0 Å². The fourth-order valence-electron chi connectivity index (χ4n) is 3.35. The number of fused-ring (bicyclic) bond motifs is 1. The van der Waals surface area contributed by atoms with Gasteiger partial charge in [-0.2, -0.15) is 0 Å². The normalized spacial score (nSPS) is 19.0. The maximum atomic E-state index is 12.9. The molecule has 4 rings (SSSR count). The summed E-state index contributed by atoms with van der Waals surface area (Å²) >= 11 is 1.15. The van der Waals surface area contributed by atoms with E-state index in [4.69, 9.17) is 15.2 Å². The summed E-state index contributed by atoms with van der Waals surface area (Å²) in [4.78, 5) is 27.0. The molecule has 0 aliphatic carbocycles. The molecule has 2 aromatic rings. The minimum Gasteiger partial charge on any atom is -0.486 e. The van der Waals surface area contributed by atoms with Crippen molar-refractivity contribution in [3.8, 4) is 11.5 Å². The number of carbonyl (C=O) groups is 2. The summed E-state index contributed by atoms with van der Waals surface area (Å²) in [5, 5.41) is 0. The molecule has 0 unspecified atom stereocenters. The highest BCUT2D eigenvalue weighted by Gasteiger charge is 2.32. The lowest BCUT2D eigenvalue weighted by atomic mass is 10.0. The molecule has 25 heavy (non-hydrogen) atoms. The smallest absolute Gasteiger partial charge is 0.264 e. The Kier molecular flexibility index (Phi) is 4.09. The van der Waals surface area contributed by atoms with Crippen molar-refractivity contribution in [2.75, 3.05) is 19.8 Å². The van der Waals surface area contributed by atoms with Crippen molar-refractivity contribution in [2.24, 2.45) is 5.73 Å². The molecule has 6 nitrogen and oxygen atoms in total. The zero-order chi connectivity index (χ0) is 17.4. The molecule has 1 aromatic heterocycles. The molecule has 0 radical (unpaired) electrons. The summed E-state index contributed by atoms with van der Waals surface area (Å²) < 4.78 is 11.2. The molecule has 130 valence electrons. The number of hydrogen-bond donors (Lipinski definition) is 1. The van der Waals surface area contributed by atoms with Crippen LogP contribution < -0.4 is 15.2 Å². The Bertz CT molecular complexity index is 832. The number of carbonyl (C=O) groups excluding carboxylic acids is 2. The van der Waals surface area contributed by atoms with Gasteiger partial charge in [0.05, 0.1) is 15.8 Å². The third-order valence-corrected chi connectivity index (χ3v) is 5.61. The Labute approximate surface area is 149 Å². The van der Waals surface area contributed by atoms with Crippen LogP contribution in [0.15, 0.2) is 30.3 Å². The van der Waals surface area contributed by atoms with Gasteiger partial charge in [-0.3, -0.25) is 9.59 Å². The monoisotopic (exact) mass is 358 g/mol. The maximum absolute atomic E-state index is 12.9. The average molecular weight is 358 g/mol. The first-order valence-electron chi connectivity index (χ1n) is 8.23. The number of benzene rings is 1. The summed E-state index contributed by atoms with van der Waals surface area (Å²) in [6.07, 6.45) is 1.85. The summed E-state index contributed by atoms with van der Waals surface area (Å²) in [6.45, 7) is 1.79. The number of hydrogen-bond acceptors (Lipinski definition) is 5. The van der Waals surface area contributed by atoms with Crippen LogP contribution in [0.1, 0.15) is 43.8 Å². The fourth-order valence-corrected chi connectivity index (χ4v) is 4.16. The van der Waals surface area contributed by atoms with E-state index in [0.29, 0.717) is 29.5 Å². The lowest BCUT2D eigenvalue weighted by molar-refractivity contribution is 0.0740. The predicted octanol–water partition coefficient (Wildman–Crippen LogP) is 2.60. The fraction of sp³-hybridized carbons (Fsp3) is 0.333. The van der Waals surface area contributed by atoms with E-state index < -0.39 is 5.91 Å². The van der Waals surface area contributed by atoms with Gasteiger partial charge in [0.25, 0.3) is 11.8 Å². The second-order valence-electron chi connectivity index (χ2n) is 6.09. The summed E-state index contributed by atoms with van der Waals surface area (Å²) in [7, 11) is 0. The van der Waals surface area contributed by atoms with E-state index in [1.165, 1.54) is 0 Å². The van der Waals surface area contributed by atoms with E-state index in [9.17, 15) is 9.59 Å². The first-order chi connectivity index (χ1) is 12.1. The molecule has 0 bridgehead atoms. The largest absolute Gasteiger partial charge is 0.486 e. The maximum Gasteiger partial charge on any atom is 0.264 e. The van der Waals surface area contributed by atoms with Crippen LogP contribution in [0.25, 0.3) is 0 Å². The first-order valence-corrected chi connectivity index (χ1v) is 9.05. The molecule has 2 amide bonds. The molecular formula is C18H18N2O4S. The minimum atomic E-state index is -0.506. The third kappa shape index (κ3) is 2.95. The molecule has 2 aliphatic rings. The number of likely N-dealkylation sites (tertiary alicyclic amines) is 1. The van der Waals surface area contributed by atoms with Crippen LogP contribution in [-0.2, 0) is 0 Å². The van der Waals surface area contributed by atoms with Crippen molar-refractivity contribution in [2.45, 2.75) is 18.9 Å². The van der Waals surface area contributed by atoms with Crippen LogP contribution in [0.4, 0.5) is 0 Å². The lowest BCUT2D eigenvalue weighted by Crippen LogP contribution is -2.30. The summed E-state index contributed by atoms with van der Waals surface area (Å²) in [5.41, 5.74) is 6.33. The molecule has 7 heteroatoms. The zero-order valence-electron chi connectivity index (χ0n) is 13.6. The van der Waals surface area contributed by atoms with Gasteiger partial charge in [-0.1, -0.05) is 6.07 Å². The summed E-state index contributed by atoms with van der Waals surface area (Å²) in [5.74, 6) is 0.911. The van der Waals surface area contributed by atoms with Crippen molar-refractivity contribution in [1.82, 2.24) is 4.90 Å². The Morgan fingerprint density at radius 2 is 1.84 bits per heavy atom. The van der Waals surface area contributed by atoms with E-state index in [1.54, 1.807) is 12.1 Å². The number of nitrogens with two attached hydrogens (primary N) is 1. The van der Waals surface area contributed by atoms with Gasteiger partial charge >= 0.3 is 0 Å². The molecule has 1 fully saturated rings. The van der Waals surface area contributed by atoms with Gasteiger partial charge in [-0.15, -0.1) is 11.3 Å². The van der Waals surface area contributed by atoms with E-state index in [2.05, 4.69) is 0 Å². The van der Waals surface area contributed by atoms with E-state index in [1.807, 2.05) is 23.1 Å². The number of ether oxygens (including phenoxy) is 2. The molecule has 1 aromatic carbocycles. The van der Waals surface area contributed by atoms with Gasteiger partial charge in [0.1, 0.15) is 13.2 Å². The third-order valence-electron chi connectivity index (χ3n) is 4.52. The predicted molar refractivity (Wildman–Crippen MR) is 93.3 cm³/mol. The highest BCUT2D eigenvalue weighted by molar-refractivity contribution is 7.15. The Morgan fingerprint density at radius 3 is 2.60 bits per heavy atom. The highest BCUT2D eigenvalue weighted by atomic mass is 32.1. The van der Waals surface area contributed by atoms with E-state index >= 15 is 0 Å². The second kappa shape index (κ2) is 6.40. The zero-order valence-corrected chi connectivity index (χ0v) is 14.4. The van der Waals surface area contributed by atoms with Crippen LogP contribution in [0.5, 0.6) is 11.5 Å². The Balaban J connectivity index is 1.59. The molecule has 3 heterocycles. The van der Waals surface area contributed by atoms with E-state index in [-0.39, 0.29) is 11.9 Å². The van der Waals surface area contributed by atoms with Crippen molar-refractivity contribution in [3.63, 3.8) is 0 Å². The Hall–Kier alpha value is -2.54. The molecule has 2 N–H and O–H groups in total. The number of amides is 2. The molecule has 0 spiro atoms. The van der Waals surface area contributed by atoms with Crippen LogP contribution in [0.3, 0.4) is 0 Å². The number of thiophene rings is 1. The van der Waals surface area contributed by atoms with Gasteiger partial charge in [0.2, 0.25) is 0 Å². The van der Waals surface area contributed by atoms with Crippen LogP contribution in [-0.4, -0.2) is 36.5 Å². The average Bonchev–Trinajstić information content (AvgIpc) is 3.30. The lowest BCUT2D eigenvalue weighted by Gasteiger charge is -2.26. The molecule has 1 atom stereocenters. The van der Waals surface area contributed by atoms with Gasteiger partial charge < -0.3 is 20.1 Å². The second-order valence-corrected chi connectivity index (χ2v) is 7.17. The number of primary amides is 1. The van der Waals surface area contributed by atoms with Crippen LogP contribution in [0, 0.1) is 0 Å². The van der Waals surface area contributed by atoms with Gasteiger partial charge in [0.15, 0.2) is 11.5 Å². The number of nitrogens with zero attached hydrogens (tertiary/aromatic N) is 1. The van der Waals surface area contributed by atoms with Gasteiger partial charge in [-0.25, -0.2) is 0 Å². The van der Waals surface area contributed by atoms with Crippen molar-refractivity contribution in [3.05, 3.63) is 45.6 Å². The topological polar surface area (TPSA) is 81.9 Å². The van der Waals surface area contributed by atoms with Gasteiger partial charge in [0, 0.05) is 6.54 Å². The SMILES string of the molecule is NC(=O)c1ccc(C(=O)N2CCC[C@H]2c2ccc3c(c2)OCCO3)s1. The van der Waals surface area contributed by atoms with Crippen molar-refractivity contribution < 1.29 is 19.1 Å². The minimum absolute atomic E-state index is 0.00227. The number of rotatable bonds is 3. The molecule has 2 aliphatic heterocycles. The standard InChI is InChI=1S/C18H18N2O4S/c19-17(21)15-5-6-16(25-15)18(22)20-7-1-2-12(20)11-3-4-13-14(10-11)24-9-8-23-13/h3-6,10,12H,1-2,7-9H2,(H2,19,21)/t12-/m0/s1. The highest BCUT2D eigenvalue weighted by Crippen LogP contribution is 2.39. The molecule has 1 saturated heterocycles. The molecular weight excluding hydrogens is 340 g/mol.